The van der Waals surface area contributed by atoms with Crippen LogP contribution in [0.3, 0.4) is 0 Å². The molecule has 0 aliphatic carbocycles. The second-order valence-electron chi connectivity index (χ2n) is 6.53. The minimum atomic E-state index is -0.319. The van der Waals surface area contributed by atoms with Gasteiger partial charge in [-0.3, -0.25) is 4.79 Å². The van der Waals surface area contributed by atoms with Crippen LogP contribution in [0.25, 0.3) is 5.69 Å². The van der Waals surface area contributed by atoms with Crippen molar-refractivity contribution in [2.24, 2.45) is 0 Å². The van der Waals surface area contributed by atoms with Gasteiger partial charge in [0, 0.05) is 11.8 Å². The molecule has 0 bridgehead atoms. The van der Waals surface area contributed by atoms with Crippen LogP contribution in [0, 0.1) is 20.8 Å². The number of aryl methyl sites for hydroxylation is 3. The molecule has 1 amide bonds. The van der Waals surface area contributed by atoms with Gasteiger partial charge in [-0.1, -0.05) is 17.7 Å². The Bertz CT molecular complexity index is 1030. The summed E-state index contributed by atoms with van der Waals surface area (Å²) >= 11 is 0. The van der Waals surface area contributed by atoms with Crippen LogP contribution in [0.2, 0.25) is 0 Å². The number of carbonyl (C=O) groups is 1. The number of fused-ring (bicyclic) bond motifs is 1. The number of nitrogens with zero attached hydrogens (tertiary/aromatic N) is 3. The van der Waals surface area contributed by atoms with Crippen molar-refractivity contribution in [3.05, 3.63) is 58.9 Å². The molecule has 3 aromatic rings. The minimum absolute atomic E-state index is 0.282. The first-order valence-corrected chi connectivity index (χ1v) is 8.74. The zero-order valence-electron chi connectivity index (χ0n) is 15.4. The summed E-state index contributed by atoms with van der Waals surface area (Å²) in [6, 6.07) is 11.3. The Morgan fingerprint density at radius 2 is 1.78 bits per heavy atom. The molecule has 4 rings (SSSR count). The summed E-state index contributed by atoms with van der Waals surface area (Å²) in [6.07, 6.45) is 0. The monoisotopic (exact) mass is 364 g/mol. The van der Waals surface area contributed by atoms with Gasteiger partial charge in [-0.15, -0.1) is 5.10 Å². The number of hydrogen-bond acceptors (Lipinski definition) is 5. The van der Waals surface area contributed by atoms with Crippen molar-refractivity contribution in [3.63, 3.8) is 0 Å². The van der Waals surface area contributed by atoms with Gasteiger partial charge in [0.25, 0.3) is 5.91 Å². The van der Waals surface area contributed by atoms with E-state index in [0.29, 0.717) is 36.1 Å². The van der Waals surface area contributed by atoms with Crippen molar-refractivity contribution in [2.45, 2.75) is 20.8 Å². The Morgan fingerprint density at radius 1 is 1.00 bits per heavy atom. The maximum atomic E-state index is 12.7. The Hall–Kier alpha value is -3.35. The van der Waals surface area contributed by atoms with Crippen molar-refractivity contribution in [2.75, 3.05) is 18.5 Å². The van der Waals surface area contributed by atoms with Gasteiger partial charge >= 0.3 is 0 Å². The predicted molar refractivity (Wildman–Crippen MR) is 101 cm³/mol. The molecule has 0 saturated carbocycles. The SMILES string of the molecule is Cc1ccc(-n2nc(C)c(C(=O)Nc3ccc4c(c3)OCCO4)n2)c(C)c1. The van der Waals surface area contributed by atoms with Gasteiger partial charge in [-0.2, -0.15) is 9.90 Å². The molecule has 0 radical (unpaired) electrons. The van der Waals surface area contributed by atoms with Crippen molar-refractivity contribution < 1.29 is 14.3 Å². The van der Waals surface area contributed by atoms with Crippen LogP contribution < -0.4 is 14.8 Å². The second-order valence-corrected chi connectivity index (χ2v) is 6.53. The number of carbonyl (C=O) groups excluding carboxylic acids is 1. The molecule has 2 heterocycles. The topological polar surface area (TPSA) is 78.3 Å². The van der Waals surface area contributed by atoms with E-state index in [-0.39, 0.29) is 11.6 Å². The van der Waals surface area contributed by atoms with Crippen LogP contribution in [0.15, 0.2) is 36.4 Å². The van der Waals surface area contributed by atoms with E-state index in [0.717, 1.165) is 16.8 Å². The highest BCUT2D eigenvalue weighted by molar-refractivity contribution is 6.03. The highest BCUT2D eigenvalue weighted by atomic mass is 16.6. The largest absolute Gasteiger partial charge is 0.486 e. The minimum Gasteiger partial charge on any atom is -0.486 e. The standard InChI is InChI=1S/C20H20N4O3/c1-12-4-6-16(13(2)10-12)24-22-14(3)19(23-24)20(25)21-15-5-7-17-18(11-15)27-9-8-26-17/h4-7,10-11H,8-9H2,1-3H3,(H,21,25). The number of anilines is 1. The second kappa shape index (κ2) is 6.75. The number of amides is 1. The van der Waals surface area contributed by atoms with Gasteiger partial charge in [0.1, 0.15) is 13.2 Å². The van der Waals surface area contributed by atoms with E-state index in [1.807, 2.05) is 26.0 Å². The summed E-state index contributed by atoms with van der Waals surface area (Å²) in [5, 5.41) is 11.6. The fourth-order valence-corrected chi connectivity index (χ4v) is 3.04. The zero-order chi connectivity index (χ0) is 19.0. The van der Waals surface area contributed by atoms with E-state index in [2.05, 4.69) is 21.6 Å². The lowest BCUT2D eigenvalue weighted by molar-refractivity contribution is 0.102. The maximum absolute atomic E-state index is 12.7. The highest BCUT2D eigenvalue weighted by Gasteiger charge is 2.19. The highest BCUT2D eigenvalue weighted by Crippen LogP contribution is 2.32. The van der Waals surface area contributed by atoms with Gasteiger partial charge in [-0.25, -0.2) is 0 Å². The summed E-state index contributed by atoms with van der Waals surface area (Å²) < 4.78 is 11.0. The average molecular weight is 364 g/mol. The molecule has 27 heavy (non-hydrogen) atoms. The third kappa shape index (κ3) is 3.36. The number of aromatic nitrogens is 3. The van der Waals surface area contributed by atoms with Gasteiger partial charge in [0.2, 0.25) is 0 Å². The van der Waals surface area contributed by atoms with E-state index in [9.17, 15) is 4.79 Å². The first-order chi connectivity index (χ1) is 13.0. The zero-order valence-corrected chi connectivity index (χ0v) is 15.4. The molecule has 7 nitrogen and oxygen atoms in total. The first-order valence-electron chi connectivity index (χ1n) is 8.74. The van der Waals surface area contributed by atoms with Crippen molar-refractivity contribution in [1.82, 2.24) is 15.0 Å². The molecule has 0 spiro atoms. The summed E-state index contributed by atoms with van der Waals surface area (Å²) in [7, 11) is 0. The molecule has 1 aliphatic heterocycles. The van der Waals surface area contributed by atoms with Crippen LogP contribution in [-0.4, -0.2) is 34.1 Å². The molecule has 0 atom stereocenters. The molecular formula is C20H20N4O3. The molecule has 2 aromatic carbocycles. The van der Waals surface area contributed by atoms with Crippen LogP contribution in [0.5, 0.6) is 11.5 Å². The molecular weight excluding hydrogens is 344 g/mol. The van der Waals surface area contributed by atoms with Gasteiger partial charge < -0.3 is 14.8 Å². The Morgan fingerprint density at radius 3 is 2.56 bits per heavy atom. The fraction of sp³-hybridized carbons (Fsp3) is 0.250. The summed E-state index contributed by atoms with van der Waals surface area (Å²) in [5.41, 5.74) is 4.52. The van der Waals surface area contributed by atoms with E-state index in [1.165, 1.54) is 4.80 Å². The van der Waals surface area contributed by atoms with Gasteiger partial charge in [-0.05, 0) is 44.5 Å². The average Bonchev–Trinajstić information content (AvgIpc) is 3.03. The molecule has 0 unspecified atom stereocenters. The number of hydrogen-bond donors (Lipinski definition) is 1. The molecule has 7 heteroatoms. The Balaban J connectivity index is 1.58. The van der Waals surface area contributed by atoms with Crippen LogP contribution in [-0.2, 0) is 0 Å². The van der Waals surface area contributed by atoms with Gasteiger partial charge in [0.15, 0.2) is 17.2 Å². The molecule has 138 valence electrons. The van der Waals surface area contributed by atoms with Crippen LogP contribution in [0.1, 0.15) is 27.3 Å². The van der Waals surface area contributed by atoms with Crippen molar-refractivity contribution in [1.29, 1.82) is 0 Å². The molecule has 1 aliphatic rings. The lowest BCUT2D eigenvalue weighted by atomic mass is 10.1. The van der Waals surface area contributed by atoms with Crippen molar-refractivity contribution >= 4 is 11.6 Å². The Labute approximate surface area is 156 Å². The molecule has 0 fully saturated rings. The number of rotatable bonds is 3. The number of nitrogens with one attached hydrogen (secondary N) is 1. The smallest absolute Gasteiger partial charge is 0.278 e. The third-order valence-corrected chi connectivity index (χ3v) is 4.37. The molecule has 0 saturated heterocycles. The number of ether oxygens (including phenoxy) is 2. The van der Waals surface area contributed by atoms with E-state index in [1.54, 1.807) is 25.1 Å². The van der Waals surface area contributed by atoms with Crippen LogP contribution >= 0.6 is 0 Å². The summed E-state index contributed by atoms with van der Waals surface area (Å²) in [5.74, 6) is 0.978. The predicted octanol–water partition coefficient (Wildman–Crippen LogP) is 3.22. The lowest BCUT2D eigenvalue weighted by Gasteiger charge is -2.18. The lowest BCUT2D eigenvalue weighted by Crippen LogP contribution is -2.17. The number of benzene rings is 2. The van der Waals surface area contributed by atoms with E-state index >= 15 is 0 Å². The van der Waals surface area contributed by atoms with E-state index < -0.39 is 0 Å². The fourth-order valence-electron chi connectivity index (χ4n) is 3.04. The first kappa shape index (κ1) is 17.1. The maximum Gasteiger partial charge on any atom is 0.278 e. The normalized spacial score (nSPS) is 12.7. The van der Waals surface area contributed by atoms with Gasteiger partial charge in [0.05, 0.1) is 11.4 Å². The third-order valence-electron chi connectivity index (χ3n) is 4.37. The molecule has 1 N–H and O–H groups in total. The summed E-state index contributed by atoms with van der Waals surface area (Å²) in [6.45, 7) is 6.82. The quantitative estimate of drug-likeness (QED) is 0.772. The molecule has 1 aromatic heterocycles. The summed E-state index contributed by atoms with van der Waals surface area (Å²) in [4.78, 5) is 14.2. The Kier molecular flexibility index (Phi) is 4.27. The van der Waals surface area contributed by atoms with Crippen molar-refractivity contribution in [3.8, 4) is 17.2 Å². The van der Waals surface area contributed by atoms with E-state index in [4.69, 9.17) is 9.47 Å². The van der Waals surface area contributed by atoms with Crippen LogP contribution in [0.4, 0.5) is 5.69 Å².